The average Bonchev–Trinajstić information content (AvgIpc) is 3.66. The number of benzene rings is 2. The Bertz CT molecular complexity index is 1960. The predicted molar refractivity (Wildman–Crippen MR) is 185 cm³/mol. The molecule has 50 heavy (non-hydrogen) atoms. The third-order valence-corrected chi connectivity index (χ3v) is 10.7. The molecule has 3 atom stereocenters. The van der Waals surface area contributed by atoms with E-state index in [0.717, 1.165) is 25.8 Å². The molecular weight excluding hydrogens is 646 g/mol. The number of amides is 1. The lowest BCUT2D eigenvalue weighted by Crippen LogP contribution is -2.48. The third-order valence-electron chi connectivity index (χ3n) is 10.7. The fourth-order valence-corrected chi connectivity index (χ4v) is 8.06. The standard InChI is InChI=1S/C37H44F2N6O5/c1-5-24-27(38)10-9-22-17-23(46)18-25(29(22)24)31-30(39)32-26(19-40-31)33(44-15-7-12-36(3,48)20-44)42-34(41-32)49-21-37-13-8-16-45(37)28(11-14-37)50-35(47)43(4)6-2/h9-10,17-19,28,46,48H,5-8,11-16,20-21H2,1-4H3/t28-,36-,37+/m1/s1. The summed E-state index contributed by atoms with van der Waals surface area (Å²) in [5.41, 5.74) is -0.851. The SMILES string of the molecule is CCc1c(F)ccc2cc(O)cc(-c3ncc4c(N5CCC[C@@](C)(O)C5)nc(OC[C@@]56CCCN5[C@H](OC(=O)N(C)CC)CC6)nc4c3F)c12. The van der Waals surface area contributed by atoms with E-state index in [2.05, 4.69) is 14.9 Å². The van der Waals surface area contributed by atoms with Crippen LogP contribution in [0.2, 0.25) is 0 Å². The topological polar surface area (TPSA) is 124 Å². The van der Waals surface area contributed by atoms with Crippen molar-refractivity contribution in [2.75, 3.05) is 44.7 Å². The molecule has 3 aliphatic heterocycles. The van der Waals surface area contributed by atoms with E-state index >= 15 is 8.78 Å². The summed E-state index contributed by atoms with van der Waals surface area (Å²) < 4.78 is 44.2. The van der Waals surface area contributed by atoms with Crippen molar-refractivity contribution < 1.29 is 33.3 Å². The summed E-state index contributed by atoms with van der Waals surface area (Å²) in [6, 6.07) is 5.80. The minimum Gasteiger partial charge on any atom is -0.508 e. The molecule has 1 amide bonds. The van der Waals surface area contributed by atoms with Crippen molar-refractivity contribution in [2.24, 2.45) is 0 Å². The van der Waals surface area contributed by atoms with Gasteiger partial charge in [0.1, 0.15) is 35.2 Å². The first-order valence-electron chi connectivity index (χ1n) is 17.5. The van der Waals surface area contributed by atoms with E-state index in [1.807, 2.05) is 18.7 Å². The van der Waals surface area contributed by atoms with Crippen molar-refractivity contribution in [2.45, 2.75) is 83.1 Å². The van der Waals surface area contributed by atoms with Gasteiger partial charge in [0.25, 0.3) is 0 Å². The van der Waals surface area contributed by atoms with E-state index in [9.17, 15) is 15.0 Å². The molecule has 3 aliphatic rings. The number of phenols is 1. The number of ether oxygens (including phenoxy) is 2. The van der Waals surface area contributed by atoms with Crippen molar-refractivity contribution in [3.8, 4) is 23.0 Å². The molecule has 2 aromatic heterocycles. The number of rotatable bonds is 8. The van der Waals surface area contributed by atoms with Crippen LogP contribution in [0.1, 0.15) is 64.9 Å². The van der Waals surface area contributed by atoms with Crippen molar-refractivity contribution in [3.63, 3.8) is 0 Å². The van der Waals surface area contributed by atoms with Gasteiger partial charge in [-0.25, -0.2) is 13.6 Å². The number of aliphatic hydroxyl groups is 1. The molecule has 3 fully saturated rings. The van der Waals surface area contributed by atoms with Gasteiger partial charge in [0.15, 0.2) is 12.0 Å². The number of phenolic OH excluding ortho intramolecular Hbond substituents is 1. The summed E-state index contributed by atoms with van der Waals surface area (Å²) in [7, 11) is 1.71. The maximum Gasteiger partial charge on any atom is 0.411 e. The average molecular weight is 691 g/mol. The normalized spacial score (nSPS) is 23.8. The molecule has 5 heterocycles. The van der Waals surface area contributed by atoms with Gasteiger partial charge in [0.05, 0.1) is 16.5 Å². The Morgan fingerprint density at radius 2 is 1.92 bits per heavy atom. The maximum atomic E-state index is 16.9. The molecule has 11 nitrogen and oxygen atoms in total. The monoisotopic (exact) mass is 690 g/mol. The number of β-amino-alcohol motifs (C(OH)–C–C–N with tert-alkyl or cyclic N) is 1. The lowest BCUT2D eigenvalue weighted by Gasteiger charge is -2.38. The zero-order chi connectivity index (χ0) is 35.4. The van der Waals surface area contributed by atoms with Crippen LogP contribution >= 0.6 is 0 Å². The zero-order valence-corrected chi connectivity index (χ0v) is 29.0. The van der Waals surface area contributed by atoms with Crippen LogP contribution in [0.5, 0.6) is 11.8 Å². The molecule has 266 valence electrons. The molecule has 13 heteroatoms. The number of nitrogens with zero attached hydrogens (tertiary/aromatic N) is 6. The van der Waals surface area contributed by atoms with Gasteiger partial charge in [-0.3, -0.25) is 9.88 Å². The van der Waals surface area contributed by atoms with E-state index in [1.54, 1.807) is 20.0 Å². The maximum absolute atomic E-state index is 16.9. The second kappa shape index (κ2) is 13.1. The summed E-state index contributed by atoms with van der Waals surface area (Å²) in [5, 5.41) is 23.0. The number of halogens is 2. The molecule has 0 bridgehead atoms. The fourth-order valence-electron chi connectivity index (χ4n) is 8.06. The molecule has 0 spiro atoms. The van der Waals surface area contributed by atoms with Gasteiger partial charge in [0, 0.05) is 51.4 Å². The van der Waals surface area contributed by atoms with Gasteiger partial charge in [-0.2, -0.15) is 9.97 Å². The number of fused-ring (bicyclic) bond motifs is 3. The number of pyridine rings is 1. The van der Waals surface area contributed by atoms with Gasteiger partial charge >= 0.3 is 12.1 Å². The summed E-state index contributed by atoms with van der Waals surface area (Å²) in [5.74, 6) is -0.892. The summed E-state index contributed by atoms with van der Waals surface area (Å²) in [6.45, 7) is 7.84. The number of aryl methyl sites for hydroxylation is 1. The Kier molecular flexibility index (Phi) is 8.92. The first-order valence-corrected chi connectivity index (χ1v) is 17.5. The van der Waals surface area contributed by atoms with Crippen LogP contribution in [-0.4, -0.2) is 98.3 Å². The van der Waals surface area contributed by atoms with Gasteiger partial charge in [0.2, 0.25) is 0 Å². The number of carbonyl (C=O) groups is 1. The molecule has 2 N–H and O–H groups in total. The van der Waals surface area contributed by atoms with E-state index < -0.39 is 22.8 Å². The molecule has 2 aromatic carbocycles. The smallest absolute Gasteiger partial charge is 0.411 e. The number of piperidine rings is 1. The van der Waals surface area contributed by atoms with Gasteiger partial charge in [-0.1, -0.05) is 13.0 Å². The second-order valence-corrected chi connectivity index (χ2v) is 14.2. The van der Waals surface area contributed by atoms with E-state index in [4.69, 9.17) is 14.5 Å². The first-order chi connectivity index (χ1) is 23.9. The van der Waals surface area contributed by atoms with Crippen molar-refractivity contribution in [1.29, 1.82) is 0 Å². The van der Waals surface area contributed by atoms with Crippen LogP contribution in [0.4, 0.5) is 19.4 Å². The van der Waals surface area contributed by atoms with E-state index in [0.29, 0.717) is 66.3 Å². The quantitative estimate of drug-likeness (QED) is 0.222. The van der Waals surface area contributed by atoms with E-state index in [-0.39, 0.29) is 54.0 Å². The molecule has 0 radical (unpaired) electrons. The van der Waals surface area contributed by atoms with Crippen LogP contribution < -0.4 is 9.64 Å². The Morgan fingerprint density at radius 1 is 1.12 bits per heavy atom. The minimum absolute atomic E-state index is 0.0257. The van der Waals surface area contributed by atoms with Crippen LogP contribution in [-0.2, 0) is 11.2 Å². The van der Waals surface area contributed by atoms with Crippen LogP contribution in [0.3, 0.4) is 0 Å². The molecule has 0 saturated carbocycles. The van der Waals surface area contributed by atoms with Crippen molar-refractivity contribution in [3.05, 3.63) is 47.7 Å². The lowest BCUT2D eigenvalue weighted by molar-refractivity contribution is -0.0331. The van der Waals surface area contributed by atoms with Crippen LogP contribution in [0.15, 0.2) is 30.5 Å². The van der Waals surface area contributed by atoms with Crippen LogP contribution in [0, 0.1) is 11.6 Å². The Hall–Kier alpha value is -4.36. The number of anilines is 1. The lowest BCUT2D eigenvalue weighted by atomic mass is 9.94. The predicted octanol–water partition coefficient (Wildman–Crippen LogP) is 6.16. The summed E-state index contributed by atoms with van der Waals surface area (Å²) >= 11 is 0. The highest BCUT2D eigenvalue weighted by Crippen LogP contribution is 2.44. The Morgan fingerprint density at radius 3 is 2.68 bits per heavy atom. The fraction of sp³-hybridized carbons (Fsp3) is 0.514. The molecule has 4 aromatic rings. The van der Waals surface area contributed by atoms with Crippen molar-refractivity contribution in [1.82, 2.24) is 24.8 Å². The van der Waals surface area contributed by atoms with Gasteiger partial charge in [-0.05, 0) is 86.9 Å². The highest BCUT2D eigenvalue weighted by molar-refractivity contribution is 6.01. The molecule has 0 aliphatic carbocycles. The molecular formula is C37H44F2N6O5. The molecule has 7 rings (SSSR count). The number of hydrogen-bond donors (Lipinski definition) is 2. The largest absolute Gasteiger partial charge is 0.508 e. The van der Waals surface area contributed by atoms with Gasteiger partial charge < -0.3 is 29.5 Å². The Balaban J connectivity index is 1.30. The van der Waals surface area contributed by atoms with Crippen molar-refractivity contribution >= 4 is 33.6 Å². The minimum atomic E-state index is -0.977. The molecule has 0 unspecified atom stereocenters. The number of aromatic hydroxyl groups is 1. The first kappa shape index (κ1) is 34.1. The highest BCUT2D eigenvalue weighted by atomic mass is 19.1. The summed E-state index contributed by atoms with van der Waals surface area (Å²) in [4.78, 5) is 32.1. The highest BCUT2D eigenvalue weighted by Gasteiger charge is 2.51. The second-order valence-electron chi connectivity index (χ2n) is 14.2. The summed E-state index contributed by atoms with van der Waals surface area (Å²) in [6.07, 6.45) is 5.60. The van der Waals surface area contributed by atoms with Crippen LogP contribution in [0.25, 0.3) is 32.9 Å². The molecule has 3 saturated heterocycles. The number of aromatic nitrogens is 3. The van der Waals surface area contributed by atoms with E-state index in [1.165, 1.54) is 29.3 Å². The van der Waals surface area contributed by atoms with Gasteiger partial charge in [-0.15, -0.1) is 0 Å². The zero-order valence-electron chi connectivity index (χ0n) is 29.0. The Labute approximate surface area is 289 Å². The third kappa shape index (κ3) is 6.04. The number of hydrogen-bond acceptors (Lipinski definition) is 10. The number of carbonyl (C=O) groups excluding carboxylic acids is 1.